The number of ether oxygens (including phenoxy) is 2. The molecule has 1 unspecified atom stereocenters. The van der Waals surface area contributed by atoms with E-state index in [0.29, 0.717) is 13.2 Å². The van der Waals surface area contributed by atoms with E-state index in [9.17, 15) is 4.79 Å². The number of likely N-dealkylation sites (tertiary alicyclic amines) is 1. The van der Waals surface area contributed by atoms with Crippen LogP contribution in [0, 0.1) is 13.8 Å². The molecule has 4 rings (SSSR count). The maximum atomic E-state index is 12.5. The van der Waals surface area contributed by atoms with Crippen molar-refractivity contribution < 1.29 is 14.3 Å². The molecule has 2 aromatic rings. The second-order valence-electron chi connectivity index (χ2n) is 8.02. The van der Waals surface area contributed by atoms with Crippen LogP contribution in [0.4, 0.5) is 5.69 Å². The summed E-state index contributed by atoms with van der Waals surface area (Å²) in [4.78, 5) is 23.7. The predicted molar refractivity (Wildman–Crippen MR) is 116 cm³/mol. The van der Waals surface area contributed by atoms with E-state index in [1.165, 1.54) is 12.8 Å². The summed E-state index contributed by atoms with van der Waals surface area (Å²) in [7, 11) is 0. The number of rotatable bonds is 7. The Hall–Kier alpha value is -2.51. The van der Waals surface area contributed by atoms with E-state index in [1.807, 2.05) is 32.0 Å². The minimum Gasteiger partial charge on any atom is -0.492 e. The van der Waals surface area contributed by atoms with Crippen LogP contribution in [0.3, 0.4) is 0 Å². The molecule has 0 bridgehead atoms. The summed E-state index contributed by atoms with van der Waals surface area (Å²) in [6.07, 6.45) is 5.43. The molecule has 160 valence electrons. The van der Waals surface area contributed by atoms with Crippen molar-refractivity contribution in [3.63, 3.8) is 0 Å². The molecule has 3 heterocycles. The first-order chi connectivity index (χ1) is 14.6. The average Bonchev–Trinajstić information content (AvgIpc) is 3.43. The summed E-state index contributed by atoms with van der Waals surface area (Å²) in [6, 6.07) is 5.77. The third kappa shape index (κ3) is 4.79. The highest BCUT2D eigenvalue weighted by Crippen LogP contribution is 2.35. The average molecular weight is 411 g/mol. The molecule has 1 aromatic carbocycles. The number of carbonyl (C=O) groups is 1. The van der Waals surface area contributed by atoms with Gasteiger partial charge in [-0.25, -0.2) is 9.97 Å². The van der Waals surface area contributed by atoms with Gasteiger partial charge >= 0.3 is 0 Å². The largest absolute Gasteiger partial charge is 0.492 e. The Labute approximate surface area is 177 Å². The zero-order chi connectivity index (χ0) is 20.9. The van der Waals surface area contributed by atoms with Crippen molar-refractivity contribution >= 4 is 11.6 Å². The first kappa shape index (κ1) is 20.8. The van der Waals surface area contributed by atoms with E-state index in [4.69, 9.17) is 9.47 Å². The van der Waals surface area contributed by atoms with Crippen molar-refractivity contribution in [1.29, 1.82) is 0 Å². The molecule has 1 N–H and O–H groups in total. The van der Waals surface area contributed by atoms with E-state index in [0.717, 1.165) is 66.4 Å². The van der Waals surface area contributed by atoms with Crippen LogP contribution in [-0.2, 0) is 9.53 Å². The molecule has 30 heavy (non-hydrogen) atoms. The monoisotopic (exact) mass is 410 g/mol. The van der Waals surface area contributed by atoms with Gasteiger partial charge in [-0.1, -0.05) is 0 Å². The number of carbonyl (C=O) groups excluding carboxylic acids is 1. The van der Waals surface area contributed by atoms with Crippen LogP contribution in [0.5, 0.6) is 5.75 Å². The molecule has 1 atom stereocenters. The topological polar surface area (TPSA) is 76.6 Å². The van der Waals surface area contributed by atoms with Crippen LogP contribution in [-0.4, -0.2) is 59.7 Å². The second-order valence-corrected chi connectivity index (χ2v) is 8.02. The van der Waals surface area contributed by atoms with Crippen molar-refractivity contribution in [1.82, 2.24) is 14.9 Å². The Kier molecular flexibility index (Phi) is 6.59. The summed E-state index contributed by atoms with van der Waals surface area (Å²) in [5.74, 6) is 0.684. The quantitative estimate of drug-likeness (QED) is 0.754. The molecule has 0 saturated carbocycles. The molecule has 1 amide bonds. The molecule has 1 aromatic heterocycles. The van der Waals surface area contributed by atoms with Crippen LogP contribution >= 0.6 is 0 Å². The third-order valence-electron chi connectivity index (χ3n) is 5.83. The highest BCUT2D eigenvalue weighted by molar-refractivity contribution is 5.95. The number of hydrogen-bond acceptors (Lipinski definition) is 6. The fraction of sp³-hybridized carbons (Fsp3) is 0.522. The van der Waals surface area contributed by atoms with Gasteiger partial charge in [-0.15, -0.1) is 0 Å². The first-order valence-electron chi connectivity index (χ1n) is 10.8. The van der Waals surface area contributed by atoms with Crippen molar-refractivity contribution in [2.45, 2.75) is 45.6 Å². The molecule has 2 aliphatic rings. The Balaban J connectivity index is 1.57. The fourth-order valence-corrected chi connectivity index (χ4v) is 4.21. The van der Waals surface area contributed by atoms with E-state index in [-0.39, 0.29) is 12.0 Å². The number of hydrogen-bond donors (Lipinski definition) is 1. The van der Waals surface area contributed by atoms with Gasteiger partial charge in [0, 0.05) is 41.4 Å². The van der Waals surface area contributed by atoms with E-state index >= 15 is 0 Å². The maximum absolute atomic E-state index is 12.5. The molecule has 0 aliphatic carbocycles. The Bertz CT molecular complexity index is 870. The highest BCUT2D eigenvalue weighted by atomic mass is 16.5. The standard InChI is InChI=1S/C23H30N4O3/c1-16-22(17(2)25-15-24-16)19-14-18(26-23(28)21-6-5-12-29-21)7-8-20(19)30-13-11-27-9-3-4-10-27/h7-8,14-15,21H,3-6,9-13H2,1-2H3,(H,26,28). The zero-order valence-electron chi connectivity index (χ0n) is 17.8. The van der Waals surface area contributed by atoms with Crippen LogP contribution < -0.4 is 10.1 Å². The molecule has 0 radical (unpaired) electrons. The smallest absolute Gasteiger partial charge is 0.253 e. The van der Waals surface area contributed by atoms with Crippen molar-refractivity contribution in [2.24, 2.45) is 0 Å². The normalized spacial score (nSPS) is 19.2. The third-order valence-corrected chi connectivity index (χ3v) is 5.83. The van der Waals surface area contributed by atoms with Gasteiger partial charge in [0.05, 0.1) is 0 Å². The van der Waals surface area contributed by atoms with E-state index < -0.39 is 0 Å². The summed E-state index contributed by atoms with van der Waals surface area (Å²) in [5.41, 5.74) is 4.34. The van der Waals surface area contributed by atoms with Gasteiger partial charge in [0.2, 0.25) is 0 Å². The summed E-state index contributed by atoms with van der Waals surface area (Å²) >= 11 is 0. The lowest BCUT2D eigenvalue weighted by molar-refractivity contribution is -0.124. The zero-order valence-corrected chi connectivity index (χ0v) is 17.8. The lowest BCUT2D eigenvalue weighted by Gasteiger charge is -2.19. The van der Waals surface area contributed by atoms with Gasteiger partial charge in [-0.05, 0) is 70.8 Å². The van der Waals surface area contributed by atoms with Gasteiger partial charge < -0.3 is 14.8 Å². The van der Waals surface area contributed by atoms with Crippen molar-refractivity contribution in [2.75, 3.05) is 38.2 Å². The number of nitrogens with zero attached hydrogens (tertiary/aromatic N) is 3. The maximum Gasteiger partial charge on any atom is 0.253 e. The molecule has 7 heteroatoms. The minimum absolute atomic E-state index is 0.0982. The summed E-state index contributed by atoms with van der Waals surface area (Å²) in [6.45, 7) is 8.42. The Morgan fingerprint density at radius 3 is 2.67 bits per heavy atom. The van der Waals surface area contributed by atoms with Crippen LogP contribution in [0.25, 0.3) is 11.1 Å². The number of anilines is 1. The Morgan fingerprint density at radius 1 is 1.20 bits per heavy atom. The van der Waals surface area contributed by atoms with Gasteiger partial charge in [-0.2, -0.15) is 0 Å². The molecular weight excluding hydrogens is 380 g/mol. The van der Waals surface area contributed by atoms with Crippen LogP contribution in [0.2, 0.25) is 0 Å². The number of benzene rings is 1. The Morgan fingerprint density at radius 2 is 1.97 bits per heavy atom. The fourth-order valence-electron chi connectivity index (χ4n) is 4.21. The second kappa shape index (κ2) is 9.53. The molecule has 2 aliphatic heterocycles. The number of aromatic nitrogens is 2. The summed E-state index contributed by atoms with van der Waals surface area (Å²) < 4.78 is 11.7. The van der Waals surface area contributed by atoms with Gasteiger partial charge in [0.25, 0.3) is 5.91 Å². The van der Waals surface area contributed by atoms with Crippen molar-refractivity contribution in [3.8, 4) is 16.9 Å². The van der Waals surface area contributed by atoms with Crippen LogP contribution in [0.1, 0.15) is 37.1 Å². The van der Waals surface area contributed by atoms with Gasteiger partial charge in [0.15, 0.2) is 0 Å². The van der Waals surface area contributed by atoms with Crippen molar-refractivity contribution in [3.05, 3.63) is 35.9 Å². The van der Waals surface area contributed by atoms with E-state index in [1.54, 1.807) is 6.33 Å². The SMILES string of the molecule is Cc1ncnc(C)c1-c1cc(NC(=O)C2CCCO2)ccc1OCCN1CCCC1. The minimum atomic E-state index is -0.367. The predicted octanol–water partition coefficient (Wildman–Crippen LogP) is 3.35. The molecular formula is C23H30N4O3. The van der Waals surface area contributed by atoms with Gasteiger partial charge in [0.1, 0.15) is 24.8 Å². The molecule has 2 fully saturated rings. The van der Waals surface area contributed by atoms with Crippen LogP contribution in [0.15, 0.2) is 24.5 Å². The number of amides is 1. The first-order valence-corrected chi connectivity index (χ1v) is 10.8. The lowest BCUT2D eigenvalue weighted by Crippen LogP contribution is -2.27. The van der Waals surface area contributed by atoms with Gasteiger partial charge in [-0.3, -0.25) is 9.69 Å². The summed E-state index contributed by atoms with van der Waals surface area (Å²) in [5, 5.41) is 2.99. The molecule has 0 spiro atoms. The number of nitrogens with one attached hydrogen (secondary N) is 1. The molecule has 7 nitrogen and oxygen atoms in total. The lowest BCUT2D eigenvalue weighted by atomic mass is 10.0. The number of aryl methyl sites for hydroxylation is 2. The molecule has 2 saturated heterocycles. The highest BCUT2D eigenvalue weighted by Gasteiger charge is 2.24. The van der Waals surface area contributed by atoms with E-state index in [2.05, 4.69) is 20.2 Å².